The number of hydrogen-bond donors (Lipinski definition) is 1. The van der Waals surface area contributed by atoms with Crippen LogP contribution in [0.4, 0.5) is 0 Å². The first-order valence-corrected chi connectivity index (χ1v) is 11.6. The van der Waals surface area contributed by atoms with Gasteiger partial charge in [0, 0.05) is 31.8 Å². The number of hydrogen-bond acceptors (Lipinski definition) is 5. The second-order valence-electron chi connectivity index (χ2n) is 8.15. The number of quaternary nitrogens is 1. The highest BCUT2D eigenvalue weighted by atomic mass is 32.1. The van der Waals surface area contributed by atoms with Crippen molar-refractivity contribution in [2.45, 2.75) is 38.5 Å². The highest BCUT2D eigenvalue weighted by molar-refractivity contribution is 7.18. The number of benzene rings is 1. The number of esters is 1. The van der Waals surface area contributed by atoms with Gasteiger partial charge in [-0.25, -0.2) is 4.98 Å². The number of carbonyl (C=O) groups is 2. The standard InChI is InChI=1S/C22H29N3O3S/c1-2-28-22(27)16-9-12-24(13-10-16)15-20(26)25-11-5-6-17(14-25)21-23-18-7-3-4-8-19(18)29-21/h3-4,7-8,16-17H,2,5-6,9-15H2,1H3/p+1/t17-/m0/s1. The van der Waals surface area contributed by atoms with Crippen LogP contribution in [-0.2, 0) is 14.3 Å². The van der Waals surface area contributed by atoms with Crippen LogP contribution in [0.3, 0.4) is 0 Å². The molecule has 1 aromatic carbocycles. The van der Waals surface area contributed by atoms with Crippen LogP contribution in [0.15, 0.2) is 24.3 Å². The fraction of sp³-hybridized carbons (Fsp3) is 0.591. The van der Waals surface area contributed by atoms with Crippen LogP contribution >= 0.6 is 11.3 Å². The number of nitrogens with one attached hydrogen (secondary N) is 1. The third-order valence-electron chi connectivity index (χ3n) is 6.15. The van der Waals surface area contributed by atoms with Gasteiger partial charge in [0.05, 0.1) is 40.8 Å². The Morgan fingerprint density at radius 3 is 2.79 bits per heavy atom. The maximum Gasteiger partial charge on any atom is 0.309 e. The molecule has 1 atom stereocenters. The van der Waals surface area contributed by atoms with Crippen LogP contribution < -0.4 is 4.90 Å². The summed E-state index contributed by atoms with van der Waals surface area (Å²) in [5.74, 6) is 0.509. The number of thiazole rings is 1. The largest absolute Gasteiger partial charge is 0.466 e. The van der Waals surface area contributed by atoms with E-state index in [9.17, 15) is 9.59 Å². The van der Waals surface area contributed by atoms with E-state index in [1.165, 1.54) is 9.60 Å². The number of likely N-dealkylation sites (tertiary alicyclic amines) is 2. The Labute approximate surface area is 175 Å². The number of fused-ring (bicyclic) bond motifs is 1. The van der Waals surface area contributed by atoms with Crippen molar-refractivity contribution in [3.63, 3.8) is 0 Å². The molecule has 4 rings (SSSR count). The van der Waals surface area contributed by atoms with Gasteiger partial charge < -0.3 is 14.5 Å². The van der Waals surface area contributed by atoms with E-state index in [0.717, 1.165) is 62.4 Å². The fourth-order valence-electron chi connectivity index (χ4n) is 4.49. The van der Waals surface area contributed by atoms with Gasteiger partial charge in [-0.15, -0.1) is 11.3 Å². The Hall–Kier alpha value is -1.99. The third-order valence-corrected chi connectivity index (χ3v) is 7.35. The highest BCUT2D eigenvalue weighted by Gasteiger charge is 2.32. The first-order chi connectivity index (χ1) is 14.1. The number of ether oxygens (including phenoxy) is 1. The Balaban J connectivity index is 1.30. The third kappa shape index (κ3) is 4.78. The monoisotopic (exact) mass is 416 g/mol. The molecule has 1 N–H and O–H groups in total. The van der Waals surface area contributed by atoms with Crippen LogP contribution in [0.1, 0.15) is 43.5 Å². The van der Waals surface area contributed by atoms with Crippen molar-refractivity contribution in [3.05, 3.63) is 29.3 Å². The molecule has 0 bridgehead atoms. The number of carbonyl (C=O) groups excluding carboxylic acids is 2. The quantitative estimate of drug-likeness (QED) is 0.756. The van der Waals surface area contributed by atoms with Crippen molar-refractivity contribution in [2.24, 2.45) is 5.92 Å². The molecule has 1 amide bonds. The molecule has 2 fully saturated rings. The summed E-state index contributed by atoms with van der Waals surface area (Å²) in [5, 5.41) is 1.16. The predicted molar refractivity (Wildman–Crippen MR) is 113 cm³/mol. The van der Waals surface area contributed by atoms with E-state index in [-0.39, 0.29) is 17.8 Å². The van der Waals surface area contributed by atoms with Gasteiger partial charge in [-0.1, -0.05) is 12.1 Å². The number of nitrogens with zero attached hydrogens (tertiary/aromatic N) is 2. The molecule has 2 aliphatic rings. The molecule has 3 heterocycles. The van der Waals surface area contributed by atoms with E-state index in [0.29, 0.717) is 19.1 Å². The van der Waals surface area contributed by atoms with E-state index in [1.807, 2.05) is 17.9 Å². The predicted octanol–water partition coefficient (Wildman–Crippen LogP) is 1.86. The lowest BCUT2D eigenvalue weighted by molar-refractivity contribution is -0.898. The van der Waals surface area contributed by atoms with Gasteiger partial charge in [0.1, 0.15) is 0 Å². The molecule has 0 radical (unpaired) electrons. The number of aromatic nitrogens is 1. The van der Waals surface area contributed by atoms with Gasteiger partial charge in [-0.2, -0.15) is 0 Å². The summed E-state index contributed by atoms with van der Waals surface area (Å²) in [6.45, 7) is 6.17. The summed E-state index contributed by atoms with van der Waals surface area (Å²) in [6.07, 6.45) is 3.76. The van der Waals surface area contributed by atoms with Crippen molar-refractivity contribution in [3.8, 4) is 0 Å². The van der Waals surface area contributed by atoms with Crippen LogP contribution in [0.5, 0.6) is 0 Å². The van der Waals surface area contributed by atoms with Crippen molar-refractivity contribution in [1.82, 2.24) is 9.88 Å². The molecule has 1 aromatic heterocycles. The number of para-hydroxylation sites is 1. The lowest BCUT2D eigenvalue weighted by Gasteiger charge is -2.34. The van der Waals surface area contributed by atoms with Crippen LogP contribution in [0.25, 0.3) is 10.2 Å². The molecule has 6 nitrogen and oxygen atoms in total. The second-order valence-corrected chi connectivity index (χ2v) is 9.21. The minimum atomic E-state index is -0.0763. The summed E-state index contributed by atoms with van der Waals surface area (Å²) < 4.78 is 6.36. The zero-order valence-corrected chi connectivity index (χ0v) is 17.9. The van der Waals surface area contributed by atoms with Crippen molar-refractivity contribution >= 4 is 33.4 Å². The van der Waals surface area contributed by atoms with Crippen molar-refractivity contribution < 1.29 is 19.2 Å². The van der Waals surface area contributed by atoms with Gasteiger partial charge in [0.15, 0.2) is 6.54 Å². The maximum absolute atomic E-state index is 12.9. The molecule has 2 aromatic rings. The number of piperidine rings is 2. The Morgan fingerprint density at radius 1 is 1.24 bits per heavy atom. The van der Waals surface area contributed by atoms with Crippen molar-refractivity contribution in [2.75, 3.05) is 39.3 Å². The molecule has 156 valence electrons. The van der Waals surface area contributed by atoms with Crippen LogP contribution in [-0.4, -0.2) is 61.1 Å². The molecule has 2 aliphatic heterocycles. The molecular formula is C22H30N3O3S+. The summed E-state index contributed by atoms with van der Waals surface area (Å²) in [5.41, 5.74) is 1.06. The molecule has 29 heavy (non-hydrogen) atoms. The van der Waals surface area contributed by atoms with Gasteiger partial charge in [0.25, 0.3) is 5.91 Å². The normalized spacial score (nSPS) is 25.1. The van der Waals surface area contributed by atoms with Gasteiger partial charge in [0.2, 0.25) is 0 Å². The second kappa shape index (κ2) is 9.22. The molecular weight excluding hydrogens is 386 g/mol. The molecule has 0 saturated carbocycles. The fourth-order valence-corrected chi connectivity index (χ4v) is 5.59. The lowest BCUT2D eigenvalue weighted by atomic mass is 9.96. The van der Waals surface area contributed by atoms with Gasteiger partial charge >= 0.3 is 5.97 Å². The van der Waals surface area contributed by atoms with E-state index in [2.05, 4.69) is 18.2 Å². The van der Waals surface area contributed by atoms with Gasteiger partial charge in [-0.3, -0.25) is 9.59 Å². The zero-order chi connectivity index (χ0) is 20.2. The number of amides is 1. The Morgan fingerprint density at radius 2 is 2.03 bits per heavy atom. The summed E-state index contributed by atoms with van der Waals surface area (Å²) >= 11 is 1.76. The van der Waals surface area contributed by atoms with E-state index in [4.69, 9.17) is 9.72 Å². The highest BCUT2D eigenvalue weighted by Crippen LogP contribution is 2.32. The summed E-state index contributed by atoms with van der Waals surface area (Å²) in [7, 11) is 0. The average molecular weight is 417 g/mol. The van der Waals surface area contributed by atoms with E-state index in [1.54, 1.807) is 11.3 Å². The van der Waals surface area contributed by atoms with Crippen LogP contribution in [0.2, 0.25) is 0 Å². The number of rotatable bonds is 5. The Bertz CT molecular complexity index is 827. The molecule has 0 aliphatic carbocycles. The van der Waals surface area contributed by atoms with Gasteiger partial charge in [-0.05, 0) is 31.9 Å². The average Bonchev–Trinajstić information content (AvgIpc) is 3.19. The minimum absolute atomic E-state index is 0.00667. The van der Waals surface area contributed by atoms with Crippen LogP contribution in [0, 0.1) is 5.92 Å². The SMILES string of the molecule is CCOC(=O)C1CC[NH+](CC(=O)N2CCC[C@H](c3nc4ccccc4s3)C2)CC1. The van der Waals surface area contributed by atoms with E-state index < -0.39 is 0 Å². The lowest BCUT2D eigenvalue weighted by Crippen LogP contribution is -3.14. The summed E-state index contributed by atoms with van der Waals surface area (Å²) in [4.78, 5) is 33.0. The molecule has 7 heteroatoms. The molecule has 0 unspecified atom stereocenters. The zero-order valence-electron chi connectivity index (χ0n) is 17.1. The first kappa shape index (κ1) is 20.3. The first-order valence-electron chi connectivity index (χ1n) is 10.8. The Kier molecular flexibility index (Phi) is 6.45. The smallest absolute Gasteiger partial charge is 0.309 e. The van der Waals surface area contributed by atoms with E-state index >= 15 is 0 Å². The topological polar surface area (TPSA) is 63.9 Å². The minimum Gasteiger partial charge on any atom is -0.466 e. The molecule has 2 saturated heterocycles. The maximum atomic E-state index is 12.9. The van der Waals surface area contributed by atoms with Crippen molar-refractivity contribution in [1.29, 1.82) is 0 Å². The molecule has 0 spiro atoms. The summed E-state index contributed by atoms with van der Waals surface area (Å²) in [6, 6.07) is 8.25.